The molecule has 0 radical (unpaired) electrons. The van der Waals surface area contributed by atoms with Gasteiger partial charge in [-0.25, -0.2) is 4.39 Å². The summed E-state index contributed by atoms with van der Waals surface area (Å²) in [4.78, 5) is 0.784. The van der Waals surface area contributed by atoms with Gasteiger partial charge in [0, 0.05) is 4.90 Å². The molecule has 0 N–H and O–H groups in total. The van der Waals surface area contributed by atoms with Gasteiger partial charge in [-0.3, -0.25) is 0 Å². The van der Waals surface area contributed by atoms with E-state index in [1.165, 1.54) is 12.1 Å². The maximum Gasteiger partial charge on any atom is 1.00 e. The Labute approximate surface area is 114 Å². The van der Waals surface area contributed by atoms with E-state index in [1.807, 2.05) is 0 Å². The molecule has 50 valence electrons. The smallest absolute Gasteiger partial charge is 1.00 e. The molecule has 4 heteroatoms. The molecule has 1 aromatic rings. The summed E-state index contributed by atoms with van der Waals surface area (Å²) in [7, 11) is 0. The van der Waals surface area contributed by atoms with Gasteiger partial charge in [-0.2, -0.15) is 0 Å². The molecule has 0 amide bonds. The van der Waals surface area contributed by atoms with Gasteiger partial charge in [0.1, 0.15) is 5.82 Å². The molecular formula is C6H5ClFKS. The standard InChI is InChI=1S/C6H5FS.ClH.K/c7-5-1-3-6(8)4-2-5;;/h1-4,8H;1H;/q;;+1/p-1. The minimum Gasteiger partial charge on any atom is -1.00 e. The maximum atomic E-state index is 12.1. The second kappa shape index (κ2) is 7.10. The molecule has 0 saturated heterocycles. The summed E-state index contributed by atoms with van der Waals surface area (Å²) in [5, 5.41) is 0. The van der Waals surface area contributed by atoms with Gasteiger partial charge in [0.2, 0.25) is 0 Å². The normalized spacial score (nSPS) is 7.40. The molecule has 0 aliphatic heterocycles. The molecule has 0 heterocycles. The quantitative estimate of drug-likeness (QED) is 0.323. The third-order valence-electron chi connectivity index (χ3n) is 0.827. The summed E-state index contributed by atoms with van der Waals surface area (Å²) in [6.45, 7) is 0. The van der Waals surface area contributed by atoms with Crippen molar-refractivity contribution in [2.75, 3.05) is 0 Å². The van der Waals surface area contributed by atoms with E-state index < -0.39 is 0 Å². The molecule has 1 aromatic carbocycles. The first kappa shape index (κ1) is 14.0. The van der Waals surface area contributed by atoms with Crippen LogP contribution in [0.25, 0.3) is 0 Å². The second-order valence-corrected chi connectivity index (χ2v) is 1.99. The van der Waals surface area contributed by atoms with E-state index in [0.717, 1.165) is 4.90 Å². The minimum absolute atomic E-state index is 0. The third-order valence-corrected chi connectivity index (χ3v) is 1.12. The Kier molecular flexibility index (Phi) is 9.92. The third kappa shape index (κ3) is 5.13. The number of hydrogen-bond donors (Lipinski definition) is 1. The SMILES string of the molecule is Fc1ccc(S)cc1.[Cl-].[K+]. The van der Waals surface area contributed by atoms with Crippen LogP contribution in [0, 0.1) is 5.82 Å². The van der Waals surface area contributed by atoms with Gasteiger partial charge in [-0.05, 0) is 24.3 Å². The summed E-state index contributed by atoms with van der Waals surface area (Å²) in [6, 6.07) is 5.97. The van der Waals surface area contributed by atoms with Crippen molar-refractivity contribution in [3.63, 3.8) is 0 Å². The summed E-state index contributed by atoms with van der Waals surface area (Å²) in [5.41, 5.74) is 0. The summed E-state index contributed by atoms with van der Waals surface area (Å²) < 4.78 is 12.1. The van der Waals surface area contributed by atoms with Crippen LogP contribution < -0.4 is 63.8 Å². The molecule has 1 rings (SSSR count). The van der Waals surface area contributed by atoms with Crippen LogP contribution in [-0.4, -0.2) is 0 Å². The van der Waals surface area contributed by atoms with Crippen LogP contribution in [-0.2, 0) is 0 Å². The molecule has 0 nitrogen and oxygen atoms in total. The topological polar surface area (TPSA) is 0 Å². The van der Waals surface area contributed by atoms with Crippen molar-refractivity contribution >= 4 is 12.6 Å². The average molecular weight is 203 g/mol. The van der Waals surface area contributed by atoms with Crippen LogP contribution in [0.1, 0.15) is 0 Å². The molecule has 0 atom stereocenters. The van der Waals surface area contributed by atoms with E-state index in [9.17, 15) is 4.39 Å². The van der Waals surface area contributed by atoms with E-state index in [1.54, 1.807) is 12.1 Å². The molecule has 0 aromatic heterocycles. The predicted molar refractivity (Wildman–Crippen MR) is 33.7 cm³/mol. The number of benzene rings is 1. The van der Waals surface area contributed by atoms with Gasteiger partial charge in [-0.15, -0.1) is 12.6 Å². The van der Waals surface area contributed by atoms with Crippen molar-refractivity contribution in [2.45, 2.75) is 4.90 Å². The Morgan fingerprint density at radius 3 is 1.80 bits per heavy atom. The Bertz CT molecular complexity index is 157. The number of halogens is 2. The molecule has 0 unspecified atom stereocenters. The summed E-state index contributed by atoms with van der Waals surface area (Å²) in [5.74, 6) is -0.220. The average Bonchev–Trinajstić information content (AvgIpc) is 1.77. The Morgan fingerprint density at radius 1 is 1.10 bits per heavy atom. The van der Waals surface area contributed by atoms with Crippen molar-refractivity contribution in [3.8, 4) is 0 Å². The minimum atomic E-state index is -0.220. The predicted octanol–water partition coefficient (Wildman–Crippen LogP) is -3.88. The van der Waals surface area contributed by atoms with E-state index in [4.69, 9.17) is 0 Å². The van der Waals surface area contributed by atoms with Crippen molar-refractivity contribution in [3.05, 3.63) is 30.1 Å². The molecule has 0 fully saturated rings. The molecule has 0 saturated carbocycles. The van der Waals surface area contributed by atoms with Crippen molar-refractivity contribution in [2.24, 2.45) is 0 Å². The van der Waals surface area contributed by atoms with Crippen LogP contribution in [0.4, 0.5) is 4.39 Å². The van der Waals surface area contributed by atoms with Crippen LogP contribution >= 0.6 is 12.6 Å². The van der Waals surface area contributed by atoms with Gasteiger partial charge < -0.3 is 12.4 Å². The Balaban J connectivity index is 0. The van der Waals surface area contributed by atoms with E-state index in [2.05, 4.69) is 12.6 Å². The fourth-order valence-electron chi connectivity index (χ4n) is 0.441. The zero-order valence-corrected chi connectivity index (χ0v) is 10.3. The molecular weight excluding hydrogens is 198 g/mol. The van der Waals surface area contributed by atoms with E-state index >= 15 is 0 Å². The van der Waals surface area contributed by atoms with Gasteiger partial charge >= 0.3 is 51.4 Å². The van der Waals surface area contributed by atoms with Crippen molar-refractivity contribution in [1.29, 1.82) is 0 Å². The Hall–Kier alpha value is 1.43. The van der Waals surface area contributed by atoms with Gasteiger partial charge in [0.15, 0.2) is 0 Å². The number of hydrogen-bond acceptors (Lipinski definition) is 1. The van der Waals surface area contributed by atoms with Crippen LogP contribution in [0.15, 0.2) is 29.2 Å². The van der Waals surface area contributed by atoms with Gasteiger partial charge in [0.05, 0.1) is 0 Å². The van der Waals surface area contributed by atoms with E-state index in [-0.39, 0.29) is 69.6 Å². The fraction of sp³-hybridized carbons (Fsp3) is 0. The maximum absolute atomic E-state index is 12.1. The van der Waals surface area contributed by atoms with E-state index in [0.29, 0.717) is 0 Å². The molecule has 0 aliphatic carbocycles. The molecule has 0 aliphatic rings. The van der Waals surface area contributed by atoms with Gasteiger partial charge in [-0.1, -0.05) is 0 Å². The Morgan fingerprint density at radius 2 is 1.50 bits per heavy atom. The molecule has 10 heavy (non-hydrogen) atoms. The zero-order valence-electron chi connectivity index (χ0n) is 5.51. The van der Waals surface area contributed by atoms with Crippen LogP contribution in [0.2, 0.25) is 0 Å². The number of rotatable bonds is 0. The molecule has 0 bridgehead atoms. The second-order valence-electron chi connectivity index (χ2n) is 1.48. The van der Waals surface area contributed by atoms with Crippen molar-refractivity contribution in [1.82, 2.24) is 0 Å². The summed E-state index contributed by atoms with van der Waals surface area (Å²) >= 11 is 3.97. The van der Waals surface area contributed by atoms with Gasteiger partial charge in [0.25, 0.3) is 0 Å². The van der Waals surface area contributed by atoms with Crippen molar-refractivity contribution < 1.29 is 68.2 Å². The van der Waals surface area contributed by atoms with Crippen LogP contribution in [0.5, 0.6) is 0 Å². The number of thiol groups is 1. The largest absolute Gasteiger partial charge is 1.00 e. The first-order chi connectivity index (χ1) is 3.79. The summed E-state index contributed by atoms with van der Waals surface area (Å²) in [6.07, 6.45) is 0. The first-order valence-corrected chi connectivity index (χ1v) is 2.68. The monoisotopic (exact) mass is 202 g/mol. The van der Waals surface area contributed by atoms with Crippen LogP contribution in [0.3, 0.4) is 0 Å². The fourth-order valence-corrected chi connectivity index (χ4v) is 0.590. The molecule has 0 spiro atoms. The first-order valence-electron chi connectivity index (χ1n) is 2.23. The zero-order chi connectivity index (χ0) is 5.98.